The highest BCUT2D eigenvalue weighted by Crippen LogP contribution is 2.38. The molecule has 6 rings (SSSR count). The first-order chi connectivity index (χ1) is 18.3. The molecule has 0 saturated carbocycles. The van der Waals surface area contributed by atoms with Crippen LogP contribution in [0, 0.1) is 6.92 Å². The minimum Gasteiger partial charge on any atom is -0.497 e. The second-order valence-corrected chi connectivity index (χ2v) is 11.0. The number of hydrogen-bond acceptors (Lipinski definition) is 6. The van der Waals surface area contributed by atoms with Gasteiger partial charge in [-0.25, -0.2) is 8.42 Å². The summed E-state index contributed by atoms with van der Waals surface area (Å²) in [5, 5.41) is 4.78. The highest BCUT2D eigenvalue weighted by Gasteiger charge is 2.37. The number of benzene rings is 4. The molecule has 1 aromatic heterocycles. The quantitative estimate of drug-likeness (QED) is 0.324. The summed E-state index contributed by atoms with van der Waals surface area (Å²) in [5.41, 5.74) is 3.16. The highest BCUT2D eigenvalue weighted by atomic mass is 32.2. The van der Waals surface area contributed by atoms with Gasteiger partial charge in [-0.1, -0.05) is 24.3 Å². The number of ether oxygens (including phenoxy) is 2. The lowest BCUT2D eigenvalue weighted by Gasteiger charge is -2.35. The van der Waals surface area contributed by atoms with E-state index in [-0.39, 0.29) is 11.4 Å². The summed E-state index contributed by atoms with van der Waals surface area (Å²) in [6.45, 7) is 1.68. The van der Waals surface area contributed by atoms with Gasteiger partial charge in [-0.2, -0.15) is 0 Å². The Hall–Kier alpha value is -4.50. The molecule has 0 bridgehead atoms. The van der Waals surface area contributed by atoms with E-state index in [2.05, 4.69) is 5.32 Å². The summed E-state index contributed by atoms with van der Waals surface area (Å²) in [6.07, 6.45) is -1.08. The Morgan fingerprint density at radius 2 is 1.71 bits per heavy atom. The molecule has 1 aliphatic heterocycles. The minimum atomic E-state index is -4.00. The van der Waals surface area contributed by atoms with Crippen LogP contribution in [-0.4, -0.2) is 34.1 Å². The van der Waals surface area contributed by atoms with Crippen molar-refractivity contribution in [3.05, 3.63) is 90.5 Å². The number of aryl methyl sites for hydroxylation is 1. The van der Waals surface area contributed by atoms with Crippen molar-refractivity contribution in [1.29, 1.82) is 0 Å². The molecule has 1 N–H and O–H groups in total. The van der Waals surface area contributed by atoms with E-state index < -0.39 is 22.0 Å². The Kier molecular flexibility index (Phi) is 5.72. The van der Waals surface area contributed by atoms with Crippen molar-refractivity contribution < 1.29 is 27.1 Å². The maximum atomic E-state index is 13.7. The number of para-hydroxylation sites is 1. The number of nitrogens with zero attached hydrogens (tertiary/aromatic N) is 1. The number of sulfonamides is 1. The number of nitrogens with one attached hydrogen (secondary N) is 1. The van der Waals surface area contributed by atoms with Crippen molar-refractivity contribution in [1.82, 2.24) is 0 Å². The first-order valence-electron chi connectivity index (χ1n) is 12.0. The number of hydrogen-bond donors (Lipinski definition) is 1. The lowest BCUT2D eigenvalue weighted by Crippen LogP contribution is -2.48. The van der Waals surface area contributed by atoms with Gasteiger partial charge >= 0.3 is 0 Å². The van der Waals surface area contributed by atoms with Crippen LogP contribution in [0.5, 0.6) is 11.5 Å². The molecule has 38 heavy (non-hydrogen) atoms. The topological polar surface area (TPSA) is 98.1 Å². The van der Waals surface area contributed by atoms with Crippen LogP contribution in [0.15, 0.2) is 94.2 Å². The Morgan fingerprint density at radius 1 is 0.947 bits per heavy atom. The number of amides is 1. The number of carbonyl (C=O) groups is 1. The Balaban J connectivity index is 1.31. The number of furan rings is 1. The third-order valence-corrected chi connectivity index (χ3v) is 8.36. The summed E-state index contributed by atoms with van der Waals surface area (Å²) < 4.78 is 45.7. The van der Waals surface area contributed by atoms with Gasteiger partial charge in [0.2, 0.25) is 0 Å². The first-order valence-corrected chi connectivity index (χ1v) is 13.4. The molecule has 0 saturated heterocycles. The lowest BCUT2D eigenvalue weighted by molar-refractivity contribution is -0.122. The van der Waals surface area contributed by atoms with Crippen molar-refractivity contribution in [2.24, 2.45) is 0 Å². The van der Waals surface area contributed by atoms with Crippen molar-refractivity contribution in [2.75, 3.05) is 23.3 Å². The minimum absolute atomic E-state index is 0.0853. The van der Waals surface area contributed by atoms with Crippen molar-refractivity contribution in [3.8, 4) is 11.5 Å². The van der Waals surface area contributed by atoms with Gasteiger partial charge in [-0.05, 0) is 67.1 Å². The SMILES string of the molecule is COc1ccc(S(=O)(=O)N2CC(C(=O)Nc3ccc4c(c3)oc3ccccc34)Oc3ccc(C)cc32)cc1. The van der Waals surface area contributed by atoms with Gasteiger partial charge in [0, 0.05) is 22.5 Å². The zero-order valence-electron chi connectivity index (χ0n) is 20.7. The van der Waals surface area contributed by atoms with Gasteiger partial charge in [0.05, 0.1) is 24.2 Å². The van der Waals surface area contributed by atoms with E-state index in [1.54, 1.807) is 36.4 Å². The predicted octanol–water partition coefficient (Wildman–Crippen LogP) is 5.50. The Bertz CT molecular complexity index is 1790. The first kappa shape index (κ1) is 23.9. The van der Waals surface area contributed by atoms with Gasteiger partial charge in [0.1, 0.15) is 22.7 Å². The fraction of sp³-hybridized carbons (Fsp3) is 0.138. The molecule has 1 amide bonds. The maximum absolute atomic E-state index is 13.7. The molecule has 5 aromatic rings. The molecule has 1 atom stereocenters. The fourth-order valence-electron chi connectivity index (χ4n) is 4.63. The van der Waals surface area contributed by atoms with Crippen LogP contribution in [0.4, 0.5) is 11.4 Å². The standard InChI is InChI=1S/C29H24N2O6S/c1-18-7-14-26-24(15-18)31(38(33,34)21-11-9-20(35-2)10-12-21)17-28(37-26)29(32)30-19-8-13-23-22-5-3-4-6-25(22)36-27(23)16-19/h3-16,28H,17H2,1-2H3,(H,30,32). The van der Waals surface area contributed by atoms with Crippen LogP contribution in [0.1, 0.15) is 5.56 Å². The number of methoxy groups -OCH3 is 1. The lowest BCUT2D eigenvalue weighted by atomic mass is 10.1. The summed E-state index contributed by atoms with van der Waals surface area (Å²) in [5.74, 6) is 0.384. The maximum Gasteiger partial charge on any atom is 0.267 e. The smallest absolute Gasteiger partial charge is 0.267 e. The zero-order valence-corrected chi connectivity index (χ0v) is 21.5. The fourth-order valence-corrected chi connectivity index (χ4v) is 6.09. The van der Waals surface area contributed by atoms with E-state index in [0.717, 1.165) is 21.9 Å². The second kappa shape index (κ2) is 9.11. The number of carbonyl (C=O) groups excluding carboxylic acids is 1. The van der Waals surface area contributed by atoms with Gasteiger partial charge in [-0.15, -0.1) is 0 Å². The number of rotatable bonds is 5. The molecule has 0 aliphatic carbocycles. The molecule has 1 aliphatic rings. The van der Waals surface area contributed by atoms with Crippen LogP contribution in [-0.2, 0) is 14.8 Å². The van der Waals surface area contributed by atoms with E-state index >= 15 is 0 Å². The van der Waals surface area contributed by atoms with Gasteiger partial charge < -0.3 is 19.2 Å². The van der Waals surface area contributed by atoms with Gasteiger partial charge in [0.15, 0.2) is 6.10 Å². The van der Waals surface area contributed by atoms with E-state index in [1.807, 2.05) is 43.3 Å². The third kappa shape index (κ3) is 4.10. The molecule has 4 aromatic carbocycles. The van der Waals surface area contributed by atoms with E-state index in [1.165, 1.54) is 23.5 Å². The van der Waals surface area contributed by atoms with Crippen LogP contribution < -0.4 is 19.1 Å². The number of fused-ring (bicyclic) bond motifs is 4. The second-order valence-electron chi connectivity index (χ2n) is 9.09. The van der Waals surface area contributed by atoms with Crippen LogP contribution in [0.3, 0.4) is 0 Å². The molecular formula is C29H24N2O6S. The average molecular weight is 529 g/mol. The largest absolute Gasteiger partial charge is 0.497 e. The summed E-state index contributed by atoms with van der Waals surface area (Å²) in [7, 11) is -2.48. The third-order valence-electron chi connectivity index (χ3n) is 6.57. The monoisotopic (exact) mass is 528 g/mol. The van der Waals surface area contributed by atoms with Gasteiger partial charge in [0.25, 0.3) is 15.9 Å². The highest BCUT2D eigenvalue weighted by molar-refractivity contribution is 7.92. The molecule has 0 fully saturated rings. The molecule has 0 radical (unpaired) electrons. The summed E-state index contributed by atoms with van der Waals surface area (Å²) >= 11 is 0. The molecule has 0 spiro atoms. The summed E-state index contributed by atoms with van der Waals surface area (Å²) in [6, 6.07) is 24.5. The van der Waals surface area contributed by atoms with Crippen molar-refractivity contribution in [3.63, 3.8) is 0 Å². The normalized spacial score (nSPS) is 15.2. The van der Waals surface area contributed by atoms with E-state index in [0.29, 0.717) is 28.5 Å². The molecule has 192 valence electrons. The Morgan fingerprint density at radius 3 is 2.50 bits per heavy atom. The predicted molar refractivity (Wildman–Crippen MR) is 145 cm³/mol. The molecule has 8 nitrogen and oxygen atoms in total. The number of anilines is 2. The molecule has 2 heterocycles. The Labute approximate surface area is 219 Å². The van der Waals surface area contributed by atoms with E-state index in [9.17, 15) is 13.2 Å². The van der Waals surface area contributed by atoms with Crippen molar-refractivity contribution in [2.45, 2.75) is 17.9 Å². The zero-order chi connectivity index (χ0) is 26.4. The molecule has 9 heteroatoms. The average Bonchev–Trinajstić information content (AvgIpc) is 3.30. The van der Waals surface area contributed by atoms with Crippen LogP contribution in [0.25, 0.3) is 21.9 Å². The van der Waals surface area contributed by atoms with Crippen LogP contribution in [0.2, 0.25) is 0 Å². The summed E-state index contributed by atoms with van der Waals surface area (Å²) in [4.78, 5) is 13.4. The van der Waals surface area contributed by atoms with Crippen molar-refractivity contribution >= 4 is 49.2 Å². The van der Waals surface area contributed by atoms with Crippen LogP contribution >= 0.6 is 0 Å². The van der Waals surface area contributed by atoms with Gasteiger partial charge in [-0.3, -0.25) is 9.10 Å². The molecular weight excluding hydrogens is 504 g/mol. The molecule has 1 unspecified atom stereocenters. The van der Waals surface area contributed by atoms with E-state index in [4.69, 9.17) is 13.9 Å².